The molecule has 0 aliphatic carbocycles. The van der Waals surface area contributed by atoms with Crippen molar-refractivity contribution >= 4 is 35.1 Å². The van der Waals surface area contributed by atoms with Gasteiger partial charge in [0.15, 0.2) is 6.10 Å². The van der Waals surface area contributed by atoms with E-state index in [1.165, 1.54) is 0 Å². The van der Waals surface area contributed by atoms with Gasteiger partial charge < -0.3 is 15.2 Å². The van der Waals surface area contributed by atoms with Crippen LogP contribution < -0.4 is 10.1 Å². The van der Waals surface area contributed by atoms with E-state index in [2.05, 4.69) is 5.32 Å². The van der Waals surface area contributed by atoms with Gasteiger partial charge in [-0.3, -0.25) is 9.59 Å². The molecule has 0 aliphatic rings. The summed E-state index contributed by atoms with van der Waals surface area (Å²) < 4.78 is 5.58. The summed E-state index contributed by atoms with van der Waals surface area (Å²) in [4.78, 5) is 22.5. The van der Waals surface area contributed by atoms with E-state index in [1.807, 2.05) is 0 Å². The third-order valence-corrected chi connectivity index (χ3v) is 4.71. The van der Waals surface area contributed by atoms with E-state index in [0.717, 1.165) is 51.4 Å². The van der Waals surface area contributed by atoms with E-state index >= 15 is 0 Å². The molecule has 152 valence electrons. The standard InChI is InChI=1S/C20H29Cl2NO4/c1-15(27-18-12-11-16(21)14-17(18)22)20(26)23-13-9-7-5-3-2-4-6-8-10-19(24)25/h11-12,14-15H,2-10,13H2,1H3,(H,23,26)(H,24,25). The van der Waals surface area contributed by atoms with E-state index in [-0.39, 0.29) is 12.3 Å². The van der Waals surface area contributed by atoms with E-state index < -0.39 is 12.1 Å². The number of carbonyl (C=O) groups is 2. The van der Waals surface area contributed by atoms with Crippen molar-refractivity contribution in [2.24, 2.45) is 0 Å². The maximum atomic E-state index is 12.1. The Morgan fingerprint density at radius 1 is 1.04 bits per heavy atom. The lowest BCUT2D eigenvalue weighted by Gasteiger charge is -2.15. The van der Waals surface area contributed by atoms with Crippen molar-refractivity contribution in [3.8, 4) is 5.75 Å². The predicted molar refractivity (Wildman–Crippen MR) is 109 cm³/mol. The van der Waals surface area contributed by atoms with Gasteiger partial charge in [0, 0.05) is 18.0 Å². The molecular weight excluding hydrogens is 389 g/mol. The Bertz CT molecular complexity index is 595. The van der Waals surface area contributed by atoms with Gasteiger partial charge in [-0.2, -0.15) is 0 Å². The molecule has 0 spiro atoms. The molecule has 0 saturated heterocycles. The first-order valence-corrected chi connectivity index (χ1v) is 10.3. The third-order valence-electron chi connectivity index (χ3n) is 4.18. The van der Waals surface area contributed by atoms with Crippen molar-refractivity contribution in [1.82, 2.24) is 5.32 Å². The molecule has 1 unspecified atom stereocenters. The number of halogens is 2. The minimum absolute atomic E-state index is 0.167. The normalized spacial score (nSPS) is 11.8. The lowest BCUT2D eigenvalue weighted by atomic mass is 10.1. The van der Waals surface area contributed by atoms with Crippen LogP contribution in [0.15, 0.2) is 18.2 Å². The van der Waals surface area contributed by atoms with Crippen molar-refractivity contribution in [3.63, 3.8) is 0 Å². The highest BCUT2D eigenvalue weighted by Gasteiger charge is 2.15. The second-order valence-electron chi connectivity index (χ2n) is 6.60. The number of carboxylic acid groups (broad SMARTS) is 1. The molecule has 0 radical (unpaired) electrons. The summed E-state index contributed by atoms with van der Waals surface area (Å²) in [5, 5.41) is 12.3. The van der Waals surface area contributed by atoms with E-state index in [1.54, 1.807) is 25.1 Å². The van der Waals surface area contributed by atoms with E-state index in [9.17, 15) is 9.59 Å². The summed E-state index contributed by atoms with van der Waals surface area (Å²) in [5.74, 6) is -0.445. The molecule has 7 heteroatoms. The number of benzene rings is 1. The number of rotatable bonds is 14. The topological polar surface area (TPSA) is 75.6 Å². The summed E-state index contributed by atoms with van der Waals surface area (Å²) in [6, 6.07) is 4.89. The second-order valence-corrected chi connectivity index (χ2v) is 7.44. The van der Waals surface area contributed by atoms with Gasteiger partial charge in [0.2, 0.25) is 0 Å². The average Bonchev–Trinajstić information content (AvgIpc) is 2.61. The Kier molecular flexibility index (Phi) is 11.9. The maximum absolute atomic E-state index is 12.1. The number of hydrogen-bond donors (Lipinski definition) is 2. The van der Waals surface area contributed by atoms with Crippen molar-refractivity contribution in [3.05, 3.63) is 28.2 Å². The highest BCUT2D eigenvalue weighted by Crippen LogP contribution is 2.28. The lowest BCUT2D eigenvalue weighted by molar-refractivity contribution is -0.137. The van der Waals surface area contributed by atoms with Crippen LogP contribution in [-0.4, -0.2) is 29.6 Å². The summed E-state index contributed by atoms with van der Waals surface area (Å²) in [6.45, 7) is 2.31. The summed E-state index contributed by atoms with van der Waals surface area (Å²) >= 11 is 11.9. The van der Waals surface area contributed by atoms with Gasteiger partial charge in [0.1, 0.15) is 5.75 Å². The molecule has 2 N–H and O–H groups in total. The van der Waals surface area contributed by atoms with Crippen LogP contribution in [0.3, 0.4) is 0 Å². The Hall–Kier alpha value is -1.46. The monoisotopic (exact) mass is 417 g/mol. The minimum atomic E-state index is -0.715. The molecule has 0 bridgehead atoms. The molecular formula is C20H29Cl2NO4. The van der Waals surface area contributed by atoms with Crippen LogP contribution >= 0.6 is 23.2 Å². The molecule has 1 rings (SSSR count). The zero-order valence-electron chi connectivity index (χ0n) is 15.8. The van der Waals surface area contributed by atoms with Gasteiger partial charge in [0.25, 0.3) is 5.91 Å². The summed E-state index contributed by atoms with van der Waals surface area (Å²) in [6.07, 6.45) is 7.89. The highest BCUT2D eigenvalue weighted by molar-refractivity contribution is 6.35. The van der Waals surface area contributed by atoms with Crippen LogP contribution in [0.5, 0.6) is 5.75 Å². The van der Waals surface area contributed by atoms with E-state index in [4.69, 9.17) is 33.0 Å². The fraction of sp³-hybridized carbons (Fsp3) is 0.600. The second kappa shape index (κ2) is 13.7. The number of ether oxygens (including phenoxy) is 1. The molecule has 1 aromatic rings. The van der Waals surface area contributed by atoms with E-state index in [0.29, 0.717) is 22.3 Å². The fourth-order valence-electron chi connectivity index (χ4n) is 2.63. The Balaban J connectivity index is 2.04. The van der Waals surface area contributed by atoms with Gasteiger partial charge in [-0.1, -0.05) is 61.7 Å². The van der Waals surface area contributed by atoms with Crippen LogP contribution in [-0.2, 0) is 9.59 Å². The Morgan fingerprint density at radius 3 is 2.22 bits per heavy atom. The van der Waals surface area contributed by atoms with Crippen molar-refractivity contribution in [2.45, 2.75) is 70.8 Å². The minimum Gasteiger partial charge on any atom is -0.481 e. The molecule has 0 aliphatic heterocycles. The zero-order chi connectivity index (χ0) is 20.1. The molecule has 1 aromatic carbocycles. The van der Waals surface area contributed by atoms with Crippen LogP contribution in [0.25, 0.3) is 0 Å². The van der Waals surface area contributed by atoms with Gasteiger partial charge in [-0.15, -0.1) is 0 Å². The molecule has 1 atom stereocenters. The Labute approximate surface area is 171 Å². The molecule has 0 heterocycles. The first-order valence-electron chi connectivity index (χ1n) is 9.51. The first-order chi connectivity index (χ1) is 12.9. The third kappa shape index (κ3) is 11.1. The number of carbonyl (C=O) groups excluding carboxylic acids is 1. The lowest BCUT2D eigenvalue weighted by Crippen LogP contribution is -2.36. The number of nitrogens with one attached hydrogen (secondary N) is 1. The van der Waals surface area contributed by atoms with Crippen LogP contribution in [0.4, 0.5) is 0 Å². The largest absolute Gasteiger partial charge is 0.481 e. The quantitative estimate of drug-likeness (QED) is 0.393. The number of unbranched alkanes of at least 4 members (excludes halogenated alkanes) is 7. The zero-order valence-corrected chi connectivity index (χ0v) is 17.3. The SMILES string of the molecule is CC(Oc1ccc(Cl)cc1Cl)C(=O)NCCCCCCCCCCC(=O)O. The van der Waals surface area contributed by atoms with Gasteiger partial charge in [-0.25, -0.2) is 0 Å². The van der Waals surface area contributed by atoms with Crippen molar-refractivity contribution in [2.75, 3.05) is 6.54 Å². The number of hydrogen-bond acceptors (Lipinski definition) is 3. The molecule has 0 aromatic heterocycles. The van der Waals surface area contributed by atoms with Crippen molar-refractivity contribution < 1.29 is 19.4 Å². The molecule has 0 saturated carbocycles. The summed E-state index contributed by atoms with van der Waals surface area (Å²) in [5.41, 5.74) is 0. The van der Waals surface area contributed by atoms with Crippen molar-refractivity contribution in [1.29, 1.82) is 0 Å². The number of aliphatic carboxylic acids is 1. The first kappa shape index (κ1) is 23.6. The Morgan fingerprint density at radius 2 is 1.63 bits per heavy atom. The van der Waals surface area contributed by atoms with Gasteiger partial charge in [0.05, 0.1) is 5.02 Å². The fourth-order valence-corrected chi connectivity index (χ4v) is 3.08. The molecule has 1 amide bonds. The average molecular weight is 418 g/mol. The molecule has 5 nitrogen and oxygen atoms in total. The highest BCUT2D eigenvalue weighted by atomic mass is 35.5. The van der Waals surface area contributed by atoms with Crippen LogP contribution in [0.2, 0.25) is 10.0 Å². The maximum Gasteiger partial charge on any atom is 0.303 e. The van der Waals surface area contributed by atoms with Crippen LogP contribution in [0, 0.1) is 0 Å². The van der Waals surface area contributed by atoms with Gasteiger partial charge >= 0.3 is 5.97 Å². The predicted octanol–water partition coefficient (Wildman–Crippen LogP) is 5.47. The van der Waals surface area contributed by atoms with Gasteiger partial charge in [-0.05, 0) is 38.0 Å². The number of carboxylic acids is 1. The smallest absolute Gasteiger partial charge is 0.303 e. The molecule has 0 fully saturated rings. The number of amides is 1. The van der Waals surface area contributed by atoms with Crippen LogP contribution in [0.1, 0.15) is 64.7 Å². The molecule has 27 heavy (non-hydrogen) atoms. The summed E-state index contributed by atoms with van der Waals surface area (Å²) in [7, 11) is 0.